The lowest BCUT2D eigenvalue weighted by Gasteiger charge is -2.47. The van der Waals surface area contributed by atoms with E-state index in [1.165, 1.54) is 32.4 Å². The summed E-state index contributed by atoms with van der Waals surface area (Å²) in [4.78, 5) is 5.74. The van der Waals surface area contributed by atoms with E-state index >= 15 is 0 Å². The first-order chi connectivity index (χ1) is 8.13. The molecule has 0 aromatic heterocycles. The Labute approximate surface area is 110 Å². The van der Waals surface area contributed by atoms with Crippen molar-refractivity contribution < 1.29 is 0 Å². The maximum atomic E-state index is 5.85. The first-order valence-corrected chi connectivity index (χ1v) is 7.28. The fourth-order valence-electron chi connectivity index (χ4n) is 3.60. The van der Waals surface area contributed by atoms with Crippen LogP contribution in [0.3, 0.4) is 0 Å². The summed E-state index contributed by atoms with van der Waals surface area (Å²) >= 11 is 5.19. The molecule has 0 radical (unpaired) electrons. The summed E-state index contributed by atoms with van der Waals surface area (Å²) in [5.41, 5.74) is 5.85. The monoisotopic (exact) mass is 255 g/mol. The van der Waals surface area contributed by atoms with Crippen molar-refractivity contribution in [1.82, 2.24) is 9.80 Å². The minimum Gasteiger partial charge on any atom is -0.392 e. The van der Waals surface area contributed by atoms with Gasteiger partial charge < -0.3 is 10.6 Å². The molecular formula is C13H25N3S. The molecule has 0 aromatic carbocycles. The van der Waals surface area contributed by atoms with Gasteiger partial charge in [0, 0.05) is 19.1 Å². The zero-order valence-corrected chi connectivity index (χ0v) is 11.9. The van der Waals surface area contributed by atoms with Crippen molar-refractivity contribution in [3.8, 4) is 0 Å². The highest BCUT2D eigenvalue weighted by atomic mass is 32.1. The molecule has 0 amide bonds. The second-order valence-electron chi connectivity index (χ2n) is 5.56. The van der Waals surface area contributed by atoms with Crippen LogP contribution in [0.2, 0.25) is 0 Å². The van der Waals surface area contributed by atoms with Crippen LogP contribution in [0.4, 0.5) is 0 Å². The van der Waals surface area contributed by atoms with Crippen molar-refractivity contribution in [1.29, 1.82) is 0 Å². The van der Waals surface area contributed by atoms with Crippen LogP contribution in [0.1, 0.15) is 32.6 Å². The van der Waals surface area contributed by atoms with Crippen LogP contribution in [0, 0.1) is 5.92 Å². The van der Waals surface area contributed by atoms with Gasteiger partial charge in [0.2, 0.25) is 0 Å². The lowest BCUT2D eigenvalue weighted by atomic mass is 9.83. The molecule has 2 rings (SSSR count). The Morgan fingerprint density at radius 1 is 1.41 bits per heavy atom. The Morgan fingerprint density at radius 3 is 2.82 bits per heavy atom. The van der Waals surface area contributed by atoms with Gasteiger partial charge in [-0.3, -0.25) is 4.90 Å². The number of likely N-dealkylation sites (tertiary alicyclic amines) is 2. The number of hydrogen-bond acceptors (Lipinski definition) is 3. The van der Waals surface area contributed by atoms with Crippen LogP contribution >= 0.6 is 12.2 Å². The maximum Gasteiger partial charge on any atom is 0.0901 e. The van der Waals surface area contributed by atoms with Gasteiger partial charge in [0.05, 0.1) is 11.0 Å². The molecule has 4 heteroatoms. The van der Waals surface area contributed by atoms with Crippen molar-refractivity contribution in [2.24, 2.45) is 11.7 Å². The molecule has 17 heavy (non-hydrogen) atoms. The lowest BCUT2D eigenvalue weighted by molar-refractivity contribution is 0.0306. The predicted octanol–water partition coefficient (Wildman–Crippen LogP) is 1.47. The number of fused-ring (bicyclic) bond motifs is 1. The number of nitrogens with zero attached hydrogens (tertiary/aromatic N) is 2. The van der Waals surface area contributed by atoms with Crippen LogP contribution in [0.25, 0.3) is 0 Å². The molecule has 98 valence electrons. The summed E-state index contributed by atoms with van der Waals surface area (Å²) in [6.07, 6.45) is 5.04. The maximum absolute atomic E-state index is 5.85. The highest BCUT2D eigenvalue weighted by Crippen LogP contribution is 2.30. The molecule has 3 unspecified atom stereocenters. The molecule has 0 aromatic rings. The van der Waals surface area contributed by atoms with Gasteiger partial charge in [-0.1, -0.05) is 19.1 Å². The van der Waals surface area contributed by atoms with E-state index in [9.17, 15) is 0 Å². The summed E-state index contributed by atoms with van der Waals surface area (Å²) in [5.74, 6) is 0.825. The van der Waals surface area contributed by atoms with Crippen molar-refractivity contribution in [3.05, 3.63) is 0 Å². The molecule has 2 saturated heterocycles. The van der Waals surface area contributed by atoms with E-state index in [0.717, 1.165) is 24.9 Å². The molecule has 2 heterocycles. The quantitative estimate of drug-likeness (QED) is 0.774. The molecule has 2 aliphatic heterocycles. The summed E-state index contributed by atoms with van der Waals surface area (Å²) in [6.45, 7) is 5.79. The fraction of sp³-hybridized carbons (Fsp3) is 0.923. The van der Waals surface area contributed by atoms with Gasteiger partial charge in [-0.05, 0) is 45.2 Å². The average molecular weight is 255 g/mol. The summed E-state index contributed by atoms with van der Waals surface area (Å²) in [6, 6.07) is 1.11. The van der Waals surface area contributed by atoms with E-state index < -0.39 is 0 Å². The molecule has 2 fully saturated rings. The Hall–Kier alpha value is -0.190. The molecule has 0 aliphatic carbocycles. The van der Waals surface area contributed by atoms with E-state index in [4.69, 9.17) is 18.0 Å². The van der Waals surface area contributed by atoms with Crippen molar-refractivity contribution in [2.75, 3.05) is 26.7 Å². The van der Waals surface area contributed by atoms with Gasteiger partial charge in [0.15, 0.2) is 0 Å². The summed E-state index contributed by atoms with van der Waals surface area (Å²) in [7, 11) is 2.28. The number of piperidine rings is 2. The third-order valence-electron chi connectivity index (χ3n) is 4.53. The van der Waals surface area contributed by atoms with Gasteiger partial charge in [0.1, 0.15) is 0 Å². The van der Waals surface area contributed by atoms with E-state index in [2.05, 4.69) is 23.8 Å². The second kappa shape index (κ2) is 5.63. The standard InChI is InChI=1S/C13H25N3S/c1-3-11(13(14)17)16-8-6-12-10(9-16)5-4-7-15(12)2/h10-12H,3-9H2,1-2H3,(H2,14,17). The predicted molar refractivity (Wildman–Crippen MR) is 76.2 cm³/mol. The zero-order chi connectivity index (χ0) is 12.4. The number of rotatable bonds is 3. The third-order valence-corrected chi connectivity index (χ3v) is 4.81. The van der Waals surface area contributed by atoms with Crippen molar-refractivity contribution >= 4 is 17.2 Å². The smallest absolute Gasteiger partial charge is 0.0901 e. The lowest BCUT2D eigenvalue weighted by Crippen LogP contribution is -2.56. The van der Waals surface area contributed by atoms with Crippen LogP contribution in [0.15, 0.2) is 0 Å². The normalized spacial score (nSPS) is 33.1. The zero-order valence-electron chi connectivity index (χ0n) is 11.1. The van der Waals surface area contributed by atoms with Gasteiger partial charge >= 0.3 is 0 Å². The van der Waals surface area contributed by atoms with Gasteiger partial charge in [-0.2, -0.15) is 0 Å². The minimum atomic E-state index is 0.318. The number of hydrogen-bond donors (Lipinski definition) is 1. The number of nitrogens with two attached hydrogens (primary N) is 1. The highest BCUT2D eigenvalue weighted by molar-refractivity contribution is 7.80. The van der Waals surface area contributed by atoms with Gasteiger partial charge in [-0.25, -0.2) is 0 Å². The number of thiocarbonyl (C=S) groups is 1. The molecule has 3 atom stereocenters. The first-order valence-electron chi connectivity index (χ1n) is 6.87. The Bertz CT molecular complexity index is 282. The SMILES string of the molecule is CCC(C(N)=S)N1CCC2C(CCCN2C)C1. The molecule has 2 aliphatic rings. The largest absolute Gasteiger partial charge is 0.392 e. The average Bonchev–Trinajstić information content (AvgIpc) is 2.29. The fourth-order valence-corrected chi connectivity index (χ4v) is 3.92. The molecular weight excluding hydrogens is 230 g/mol. The van der Waals surface area contributed by atoms with Crippen molar-refractivity contribution in [3.63, 3.8) is 0 Å². The first kappa shape index (κ1) is 13.2. The molecule has 0 bridgehead atoms. The molecule has 0 saturated carbocycles. The van der Waals surface area contributed by atoms with Crippen molar-refractivity contribution in [2.45, 2.75) is 44.7 Å². The highest BCUT2D eigenvalue weighted by Gasteiger charge is 2.36. The van der Waals surface area contributed by atoms with Crippen LogP contribution in [-0.2, 0) is 0 Å². The third kappa shape index (κ3) is 2.80. The van der Waals surface area contributed by atoms with E-state index in [0.29, 0.717) is 11.0 Å². The Morgan fingerprint density at radius 2 is 2.18 bits per heavy atom. The van der Waals surface area contributed by atoms with Gasteiger partial charge in [-0.15, -0.1) is 0 Å². The molecule has 3 nitrogen and oxygen atoms in total. The van der Waals surface area contributed by atoms with Gasteiger partial charge in [0.25, 0.3) is 0 Å². The Balaban J connectivity index is 1.99. The van der Waals surface area contributed by atoms with Crippen LogP contribution in [-0.4, -0.2) is 53.6 Å². The van der Waals surface area contributed by atoms with Crippen LogP contribution in [0.5, 0.6) is 0 Å². The minimum absolute atomic E-state index is 0.318. The molecule has 2 N–H and O–H groups in total. The summed E-state index contributed by atoms with van der Waals surface area (Å²) in [5, 5.41) is 0. The Kier molecular flexibility index (Phi) is 4.39. The summed E-state index contributed by atoms with van der Waals surface area (Å²) < 4.78 is 0. The van der Waals surface area contributed by atoms with Crippen LogP contribution < -0.4 is 5.73 Å². The van der Waals surface area contributed by atoms with E-state index in [1.54, 1.807) is 0 Å². The molecule has 0 spiro atoms. The van der Waals surface area contributed by atoms with E-state index in [-0.39, 0.29) is 0 Å². The topological polar surface area (TPSA) is 32.5 Å². The second-order valence-corrected chi connectivity index (χ2v) is 6.03. The van der Waals surface area contributed by atoms with E-state index in [1.807, 2.05) is 0 Å².